The van der Waals surface area contributed by atoms with E-state index in [0.29, 0.717) is 34.4 Å². The first-order valence-electron chi connectivity index (χ1n) is 10.3. The molecule has 2 aromatic heterocycles. The number of nitrogens with zero attached hydrogens (tertiary/aromatic N) is 3. The number of benzene rings is 2. The Hall–Kier alpha value is -3.97. The highest BCUT2D eigenvalue weighted by Crippen LogP contribution is 2.26. The van der Waals surface area contributed by atoms with Gasteiger partial charge >= 0.3 is 5.97 Å². The molecule has 0 spiro atoms. The molecule has 4 rings (SSSR count). The van der Waals surface area contributed by atoms with Crippen LogP contribution in [0.3, 0.4) is 0 Å². The van der Waals surface area contributed by atoms with Crippen LogP contribution in [0.1, 0.15) is 28.4 Å². The number of carbonyl (C=O) groups excluding carboxylic acids is 2. The lowest BCUT2D eigenvalue weighted by atomic mass is 10.1. The molecule has 0 aliphatic heterocycles. The van der Waals surface area contributed by atoms with Crippen LogP contribution in [-0.4, -0.2) is 33.1 Å². The van der Waals surface area contributed by atoms with E-state index in [9.17, 15) is 9.59 Å². The van der Waals surface area contributed by atoms with Crippen LogP contribution in [0, 0.1) is 6.92 Å². The highest BCUT2D eigenvalue weighted by molar-refractivity contribution is 6.29. The summed E-state index contributed by atoms with van der Waals surface area (Å²) in [4.78, 5) is 29.0. The van der Waals surface area contributed by atoms with Gasteiger partial charge in [-0.15, -0.1) is 0 Å². The first kappa shape index (κ1) is 22.2. The topological polar surface area (TPSA) is 85.6 Å². The number of rotatable bonds is 6. The summed E-state index contributed by atoms with van der Waals surface area (Å²) in [5.41, 5.74) is 5.00. The van der Waals surface area contributed by atoms with E-state index in [4.69, 9.17) is 16.3 Å². The Bertz CT molecular complexity index is 1380. The van der Waals surface area contributed by atoms with Crippen LogP contribution in [0.2, 0.25) is 5.15 Å². The molecule has 0 aliphatic rings. The van der Waals surface area contributed by atoms with Crippen molar-refractivity contribution in [2.45, 2.75) is 13.8 Å². The number of amides is 1. The maximum atomic E-state index is 12.9. The Balaban J connectivity index is 1.56. The van der Waals surface area contributed by atoms with Crippen molar-refractivity contribution in [1.29, 1.82) is 0 Å². The Kier molecular flexibility index (Phi) is 6.51. The fourth-order valence-electron chi connectivity index (χ4n) is 3.25. The van der Waals surface area contributed by atoms with Gasteiger partial charge < -0.3 is 10.1 Å². The highest BCUT2D eigenvalue weighted by Gasteiger charge is 2.12. The molecule has 33 heavy (non-hydrogen) atoms. The summed E-state index contributed by atoms with van der Waals surface area (Å²) in [7, 11) is 0. The van der Waals surface area contributed by atoms with Gasteiger partial charge in [-0.3, -0.25) is 4.79 Å². The van der Waals surface area contributed by atoms with E-state index in [1.165, 1.54) is 6.08 Å². The number of aromatic nitrogens is 3. The number of halogens is 1. The number of aryl methyl sites for hydroxylation is 1. The molecular formula is C25H21ClN4O3. The Morgan fingerprint density at radius 3 is 2.82 bits per heavy atom. The highest BCUT2D eigenvalue weighted by atomic mass is 35.5. The van der Waals surface area contributed by atoms with Crippen LogP contribution in [-0.2, 0) is 9.53 Å². The number of hydrogen-bond acceptors (Lipinski definition) is 5. The average molecular weight is 461 g/mol. The number of carbonyl (C=O) groups is 2. The summed E-state index contributed by atoms with van der Waals surface area (Å²) in [6.07, 6.45) is 4.74. The molecule has 0 saturated heterocycles. The van der Waals surface area contributed by atoms with E-state index in [2.05, 4.69) is 15.4 Å². The zero-order chi connectivity index (χ0) is 23.4. The van der Waals surface area contributed by atoms with Crippen LogP contribution >= 0.6 is 11.6 Å². The van der Waals surface area contributed by atoms with Crippen LogP contribution in [0.4, 0.5) is 5.69 Å². The van der Waals surface area contributed by atoms with Gasteiger partial charge in [-0.05, 0) is 61.4 Å². The Morgan fingerprint density at radius 1 is 1.15 bits per heavy atom. The first-order valence-corrected chi connectivity index (χ1v) is 10.7. The lowest BCUT2D eigenvalue weighted by Gasteiger charge is -2.10. The van der Waals surface area contributed by atoms with E-state index in [1.807, 2.05) is 31.2 Å². The van der Waals surface area contributed by atoms with Crippen molar-refractivity contribution in [1.82, 2.24) is 14.6 Å². The van der Waals surface area contributed by atoms with Gasteiger partial charge in [0.15, 0.2) is 5.65 Å². The predicted octanol–water partition coefficient (Wildman–Crippen LogP) is 5.19. The summed E-state index contributed by atoms with van der Waals surface area (Å²) < 4.78 is 6.50. The summed E-state index contributed by atoms with van der Waals surface area (Å²) in [5.74, 6) is -0.686. The molecule has 1 amide bonds. The predicted molar refractivity (Wildman–Crippen MR) is 128 cm³/mol. The molecule has 2 heterocycles. The zero-order valence-corrected chi connectivity index (χ0v) is 18.8. The van der Waals surface area contributed by atoms with Gasteiger partial charge in [-0.25, -0.2) is 14.3 Å². The van der Waals surface area contributed by atoms with Crippen molar-refractivity contribution < 1.29 is 14.3 Å². The van der Waals surface area contributed by atoms with Crippen molar-refractivity contribution >= 4 is 40.9 Å². The maximum Gasteiger partial charge on any atom is 0.330 e. The summed E-state index contributed by atoms with van der Waals surface area (Å²) in [5, 5.41) is 7.55. The monoisotopic (exact) mass is 460 g/mol. The van der Waals surface area contributed by atoms with Crippen LogP contribution in [0.25, 0.3) is 23.0 Å². The largest absolute Gasteiger partial charge is 0.463 e. The minimum atomic E-state index is -0.427. The number of esters is 1. The summed E-state index contributed by atoms with van der Waals surface area (Å²) in [6.45, 7) is 3.97. The molecule has 0 aliphatic carbocycles. The molecule has 0 saturated carbocycles. The van der Waals surface area contributed by atoms with Gasteiger partial charge in [0, 0.05) is 22.9 Å². The number of nitrogens with one attached hydrogen (secondary N) is 1. The standard InChI is InChI=1S/C25H21ClN4O3/c1-3-33-24(31)12-8-17-5-4-6-19(13-17)25(32)28-20-14-18(9-7-16(20)2)21-15-30-23(27-21)11-10-22(26)29-30/h4-15H,3H2,1-2H3,(H,28,32). The minimum absolute atomic E-state index is 0.259. The molecule has 166 valence electrons. The molecule has 4 aromatic rings. The van der Waals surface area contributed by atoms with Crippen LogP contribution in [0.15, 0.2) is 66.9 Å². The summed E-state index contributed by atoms with van der Waals surface area (Å²) in [6, 6.07) is 16.2. The SMILES string of the molecule is CCOC(=O)C=Cc1cccc(C(=O)Nc2cc(-c3cn4nc(Cl)ccc4n3)ccc2C)c1. The number of anilines is 1. The third-order valence-electron chi connectivity index (χ3n) is 4.92. The Morgan fingerprint density at radius 2 is 2.00 bits per heavy atom. The second-order valence-electron chi connectivity index (χ2n) is 7.28. The van der Waals surface area contributed by atoms with Gasteiger partial charge in [-0.1, -0.05) is 35.9 Å². The molecule has 7 nitrogen and oxygen atoms in total. The summed E-state index contributed by atoms with van der Waals surface area (Å²) >= 11 is 5.96. The van der Waals surface area contributed by atoms with Crippen molar-refractivity contribution in [2.24, 2.45) is 0 Å². The molecule has 1 N–H and O–H groups in total. The number of ether oxygens (including phenoxy) is 1. The lowest BCUT2D eigenvalue weighted by molar-refractivity contribution is -0.137. The third-order valence-corrected chi connectivity index (χ3v) is 5.12. The zero-order valence-electron chi connectivity index (χ0n) is 18.1. The second kappa shape index (κ2) is 9.67. The molecular weight excluding hydrogens is 440 g/mol. The smallest absolute Gasteiger partial charge is 0.330 e. The number of imidazole rings is 1. The Labute approximate surface area is 195 Å². The molecule has 2 aromatic carbocycles. The third kappa shape index (κ3) is 5.27. The maximum absolute atomic E-state index is 12.9. The number of fused-ring (bicyclic) bond motifs is 1. The molecule has 0 radical (unpaired) electrons. The average Bonchev–Trinajstić information content (AvgIpc) is 3.22. The molecule has 0 unspecified atom stereocenters. The van der Waals surface area contributed by atoms with Crippen molar-refractivity contribution in [3.63, 3.8) is 0 Å². The van der Waals surface area contributed by atoms with Crippen molar-refractivity contribution in [3.05, 3.63) is 88.7 Å². The first-order chi connectivity index (χ1) is 15.9. The lowest BCUT2D eigenvalue weighted by Crippen LogP contribution is -2.13. The van der Waals surface area contributed by atoms with Crippen molar-refractivity contribution in [3.8, 4) is 11.3 Å². The van der Waals surface area contributed by atoms with Gasteiger partial charge in [0.05, 0.1) is 18.5 Å². The van der Waals surface area contributed by atoms with Crippen LogP contribution in [0.5, 0.6) is 0 Å². The number of hydrogen-bond donors (Lipinski definition) is 1. The molecule has 0 fully saturated rings. The quantitative estimate of drug-likeness (QED) is 0.316. The van der Waals surface area contributed by atoms with E-state index in [-0.39, 0.29) is 5.91 Å². The molecule has 0 bridgehead atoms. The van der Waals surface area contributed by atoms with E-state index in [0.717, 1.165) is 16.7 Å². The molecule has 0 atom stereocenters. The normalized spacial score (nSPS) is 11.1. The fraction of sp³-hybridized carbons (Fsp3) is 0.120. The van der Waals surface area contributed by atoms with Gasteiger partial charge in [0.25, 0.3) is 5.91 Å². The van der Waals surface area contributed by atoms with Gasteiger partial charge in [0.2, 0.25) is 0 Å². The van der Waals surface area contributed by atoms with E-state index in [1.54, 1.807) is 54.0 Å². The van der Waals surface area contributed by atoms with Crippen LogP contribution < -0.4 is 5.32 Å². The fourth-order valence-corrected chi connectivity index (χ4v) is 3.39. The van der Waals surface area contributed by atoms with E-state index >= 15 is 0 Å². The molecule has 8 heteroatoms. The van der Waals surface area contributed by atoms with Gasteiger partial charge in [0.1, 0.15) is 5.15 Å². The van der Waals surface area contributed by atoms with E-state index < -0.39 is 5.97 Å². The van der Waals surface area contributed by atoms with Crippen molar-refractivity contribution in [2.75, 3.05) is 11.9 Å². The van der Waals surface area contributed by atoms with Gasteiger partial charge in [-0.2, -0.15) is 5.10 Å². The second-order valence-corrected chi connectivity index (χ2v) is 7.67. The minimum Gasteiger partial charge on any atom is -0.463 e.